The highest BCUT2D eigenvalue weighted by Crippen LogP contribution is 2.31. The number of hydrogen-bond acceptors (Lipinski definition) is 11. The summed E-state index contributed by atoms with van der Waals surface area (Å²) in [6.45, 7) is 0.939. The van der Waals surface area contributed by atoms with Gasteiger partial charge in [0, 0.05) is 13.1 Å². The summed E-state index contributed by atoms with van der Waals surface area (Å²) in [6.07, 6.45) is -7.17. The number of carboxylic acid groups (broad SMARTS) is 2. The monoisotopic (exact) mass is 497 g/mol. The average molecular weight is 497 g/mol. The number of carbonyl (C=O) groups excluding carboxylic acids is 1. The van der Waals surface area contributed by atoms with Crippen LogP contribution in [0.1, 0.15) is 22.3 Å². The predicted octanol–water partition coefficient (Wildman–Crippen LogP) is -3.15. The summed E-state index contributed by atoms with van der Waals surface area (Å²) in [5.41, 5.74) is 12.0. The number of rotatable bonds is 9. The molecule has 1 aromatic heterocycles. The number of ether oxygens (including phenoxy) is 1. The van der Waals surface area contributed by atoms with Crippen molar-refractivity contribution in [3.63, 3.8) is 0 Å². The number of anilines is 1. The van der Waals surface area contributed by atoms with Crippen LogP contribution in [0.5, 0.6) is 0 Å². The lowest BCUT2D eigenvalue weighted by Gasteiger charge is -2.17. The molecule has 0 spiro atoms. The molecule has 0 saturated carbocycles. The van der Waals surface area contributed by atoms with E-state index in [1.165, 1.54) is 10.9 Å². The van der Waals surface area contributed by atoms with Gasteiger partial charge < -0.3 is 52.2 Å². The van der Waals surface area contributed by atoms with Crippen molar-refractivity contribution in [3.05, 3.63) is 47.9 Å². The maximum absolute atomic E-state index is 11.2. The van der Waals surface area contributed by atoms with Gasteiger partial charge in [-0.2, -0.15) is 0 Å². The first-order valence-corrected chi connectivity index (χ1v) is 10.2. The molecule has 1 aliphatic rings. The van der Waals surface area contributed by atoms with Gasteiger partial charge in [-0.15, -0.1) is 0 Å². The second-order valence-corrected chi connectivity index (χ2v) is 7.48. The lowest BCUT2D eigenvalue weighted by atomic mass is 10.1. The summed E-state index contributed by atoms with van der Waals surface area (Å²) in [4.78, 5) is 34.6. The van der Waals surface area contributed by atoms with Gasteiger partial charge in [0.1, 0.15) is 24.1 Å². The first-order chi connectivity index (χ1) is 16.5. The van der Waals surface area contributed by atoms with Crippen molar-refractivity contribution in [2.24, 2.45) is 5.73 Å². The molecule has 0 radical (unpaired) electrons. The second-order valence-electron chi connectivity index (χ2n) is 7.48. The summed E-state index contributed by atoms with van der Waals surface area (Å²) >= 11 is 0. The van der Waals surface area contributed by atoms with E-state index in [4.69, 9.17) is 36.6 Å². The number of primary amides is 1. The van der Waals surface area contributed by atoms with E-state index < -0.39 is 54.6 Å². The van der Waals surface area contributed by atoms with Gasteiger partial charge in [-0.25, -0.2) is 14.6 Å². The van der Waals surface area contributed by atoms with Crippen molar-refractivity contribution in [2.45, 2.75) is 43.3 Å². The third-order valence-electron chi connectivity index (χ3n) is 5.00. The SMILES string of the molecule is NC(=O)c1ncn([C@@H]2O[C@H](CNCc3ccccc3)[C@@H](O)[C@H]2O)c1N.O=C(O)C(O)C(O)C(=O)O. The zero-order valence-corrected chi connectivity index (χ0v) is 18.2. The zero-order valence-electron chi connectivity index (χ0n) is 18.2. The van der Waals surface area contributed by atoms with E-state index in [1.54, 1.807) is 0 Å². The Morgan fingerprint density at radius 2 is 1.63 bits per heavy atom. The lowest BCUT2D eigenvalue weighted by Crippen LogP contribution is -2.39. The van der Waals surface area contributed by atoms with Crippen LogP contribution >= 0.6 is 0 Å². The molecule has 1 aromatic carbocycles. The van der Waals surface area contributed by atoms with Gasteiger partial charge >= 0.3 is 11.9 Å². The highest BCUT2D eigenvalue weighted by molar-refractivity contribution is 5.95. The highest BCUT2D eigenvalue weighted by Gasteiger charge is 2.44. The lowest BCUT2D eigenvalue weighted by molar-refractivity contribution is -0.165. The van der Waals surface area contributed by atoms with Crippen LogP contribution in [0, 0.1) is 0 Å². The Labute approximate surface area is 198 Å². The number of nitrogens with one attached hydrogen (secondary N) is 1. The average Bonchev–Trinajstić information content (AvgIpc) is 3.33. The molecule has 15 heteroatoms. The van der Waals surface area contributed by atoms with E-state index in [-0.39, 0.29) is 11.5 Å². The van der Waals surface area contributed by atoms with Crippen LogP contribution in [-0.2, 0) is 20.9 Å². The summed E-state index contributed by atoms with van der Waals surface area (Å²) in [5.74, 6) is -4.32. The Morgan fingerprint density at radius 1 is 1.06 bits per heavy atom. The van der Waals surface area contributed by atoms with E-state index in [0.29, 0.717) is 13.1 Å². The molecule has 1 saturated heterocycles. The number of benzene rings is 1. The smallest absolute Gasteiger partial charge is 0.335 e. The number of hydrogen-bond donors (Lipinski definition) is 9. The molecule has 15 nitrogen and oxygen atoms in total. The fourth-order valence-electron chi connectivity index (χ4n) is 3.12. The molecule has 1 amide bonds. The number of nitrogens with zero attached hydrogens (tertiary/aromatic N) is 2. The number of aliphatic carboxylic acids is 2. The summed E-state index contributed by atoms with van der Waals surface area (Å²) < 4.78 is 7.01. The fraction of sp³-hybridized carbons (Fsp3) is 0.400. The van der Waals surface area contributed by atoms with Crippen molar-refractivity contribution in [3.8, 4) is 0 Å². The van der Waals surface area contributed by atoms with Gasteiger partial charge in [0.25, 0.3) is 5.91 Å². The molecule has 1 fully saturated rings. The maximum atomic E-state index is 11.2. The number of carbonyl (C=O) groups is 3. The van der Waals surface area contributed by atoms with Crippen molar-refractivity contribution >= 4 is 23.7 Å². The molecule has 2 unspecified atom stereocenters. The van der Waals surface area contributed by atoms with Crippen LogP contribution < -0.4 is 16.8 Å². The molecule has 2 aromatic rings. The molecule has 0 bridgehead atoms. The molecule has 3 rings (SSSR count). The van der Waals surface area contributed by atoms with Crippen LogP contribution in [-0.4, -0.2) is 95.1 Å². The minimum Gasteiger partial charge on any atom is -0.479 e. The topological polar surface area (TPSA) is 264 Å². The fourth-order valence-corrected chi connectivity index (χ4v) is 3.12. The molecule has 11 N–H and O–H groups in total. The molecule has 35 heavy (non-hydrogen) atoms. The van der Waals surface area contributed by atoms with Crippen molar-refractivity contribution in [1.29, 1.82) is 0 Å². The van der Waals surface area contributed by atoms with E-state index >= 15 is 0 Å². The minimum atomic E-state index is -2.27. The number of amides is 1. The standard InChI is InChI=1S/C16H21N5O4.C4H6O6/c17-14-11(15(18)24)20-8-21(14)16-13(23)12(22)10(25-16)7-19-6-9-4-2-1-3-5-9;5-1(3(7)8)2(6)4(9)10/h1-5,8,10,12-13,16,19,22-23H,6-7,17H2,(H2,18,24);1-2,5-6H,(H,7,8)(H,9,10)/t10-,12-,13-,16-;/m1./s1. The summed E-state index contributed by atoms with van der Waals surface area (Å²) in [6, 6.07) is 9.78. The number of imidazole rings is 1. The predicted molar refractivity (Wildman–Crippen MR) is 117 cm³/mol. The van der Waals surface area contributed by atoms with Crippen LogP contribution in [0.2, 0.25) is 0 Å². The molecule has 0 aliphatic carbocycles. The van der Waals surface area contributed by atoms with Gasteiger partial charge in [-0.05, 0) is 5.56 Å². The minimum absolute atomic E-state index is 0.0124. The van der Waals surface area contributed by atoms with Crippen LogP contribution in [0.3, 0.4) is 0 Å². The molecule has 1 aliphatic heterocycles. The van der Waals surface area contributed by atoms with Crippen LogP contribution in [0.4, 0.5) is 5.82 Å². The van der Waals surface area contributed by atoms with Crippen LogP contribution in [0.25, 0.3) is 0 Å². The Morgan fingerprint density at radius 3 is 2.11 bits per heavy atom. The zero-order chi connectivity index (χ0) is 26.3. The summed E-state index contributed by atoms with van der Waals surface area (Å²) in [7, 11) is 0. The van der Waals surface area contributed by atoms with E-state index in [2.05, 4.69) is 10.3 Å². The third-order valence-corrected chi connectivity index (χ3v) is 5.00. The van der Waals surface area contributed by atoms with E-state index in [9.17, 15) is 24.6 Å². The molecule has 6 atom stereocenters. The normalized spacial score (nSPS) is 23.1. The first-order valence-electron chi connectivity index (χ1n) is 10.2. The third kappa shape index (κ3) is 6.95. The molecule has 2 heterocycles. The Balaban J connectivity index is 0.000000367. The second kappa shape index (κ2) is 12.2. The van der Waals surface area contributed by atoms with Gasteiger partial charge in [0.05, 0.1) is 6.33 Å². The first kappa shape index (κ1) is 27.6. The Kier molecular flexibility index (Phi) is 9.64. The number of nitrogen functional groups attached to an aromatic ring is 1. The number of aliphatic hydroxyl groups excluding tert-OH is 4. The van der Waals surface area contributed by atoms with E-state index in [1.807, 2.05) is 30.3 Å². The van der Waals surface area contributed by atoms with Crippen molar-refractivity contribution < 1.29 is 49.8 Å². The van der Waals surface area contributed by atoms with Gasteiger partial charge in [0.2, 0.25) is 0 Å². The van der Waals surface area contributed by atoms with E-state index in [0.717, 1.165) is 5.56 Å². The highest BCUT2D eigenvalue weighted by atomic mass is 16.6. The van der Waals surface area contributed by atoms with Gasteiger partial charge in [0.15, 0.2) is 24.1 Å². The quantitative estimate of drug-likeness (QED) is 0.166. The van der Waals surface area contributed by atoms with Crippen LogP contribution in [0.15, 0.2) is 36.7 Å². The Bertz CT molecular complexity index is 999. The summed E-state index contributed by atoms with van der Waals surface area (Å²) in [5, 5.41) is 56.2. The number of nitrogens with two attached hydrogens (primary N) is 2. The van der Waals surface area contributed by atoms with Crippen molar-refractivity contribution in [2.75, 3.05) is 12.3 Å². The number of aliphatic hydroxyl groups is 4. The largest absolute Gasteiger partial charge is 0.479 e. The van der Waals surface area contributed by atoms with Crippen molar-refractivity contribution in [1.82, 2.24) is 14.9 Å². The maximum Gasteiger partial charge on any atom is 0.335 e. The molecular weight excluding hydrogens is 470 g/mol. The Hall–Kier alpha value is -3.60. The number of carboxylic acids is 2. The number of aromatic nitrogens is 2. The molecular formula is C20H27N5O10. The van der Waals surface area contributed by atoms with Gasteiger partial charge in [-0.3, -0.25) is 9.36 Å². The van der Waals surface area contributed by atoms with Gasteiger partial charge in [-0.1, -0.05) is 30.3 Å². The molecule has 192 valence electrons.